The van der Waals surface area contributed by atoms with Gasteiger partial charge in [0.2, 0.25) is 8.46 Å². The molecule has 0 radical (unpaired) electrons. The van der Waals surface area contributed by atoms with Crippen molar-refractivity contribution in [1.29, 1.82) is 0 Å². The molecule has 0 N–H and O–H groups in total. The van der Waals surface area contributed by atoms with E-state index >= 15 is 0 Å². The fourth-order valence-corrected chi connectivity index (χ4v) is 1.74. The van der Waals surface area contributed by atoms with Gasteiger partial charge in [0, 0.05) is 12.5 Å². The molecule has 1 rings (SSSR count). The van der Waals surface area contributed by atoms with Crippen LogP contribution >= 0.6 is 8.46 Å². The summed E-state index contributed by atoms with van der Waals surface area (Å²) in [6, 6.07) is 8.17. The minimum atomic E-state index is -1.29. The van der Waals surface area contributed by atoms with Crippen LogP contribution in [0.2, 0.25) is 0 Å². The Bertz CT molecular complexity index is 513. The molecule has 1 aromatic carbocycles. The Balaban J connectivity index is 2.86. The van der Waals surface area contributed by atoms with Gasteiger partial charge in [0.05, 0.1) is 0 Å². The van der Waals surface area contributed by atoms with E-state index in [0.717, 1.165) is 6.92 Å². The van der Waals surface area contributed by atoms with Gasteiger partial charge in [-0.05, 0) is 6.92 Å². The topological polar surface area (TPSA) is 86.7 Å². The zero-order valence-electron chi connectivity index (χ0n) is 10.9. The van der Waals surface area contributed by atoms with Crippen molar-refractivity contribution in [2.75, 3.05) is 0 Å². The maximum Gasteiger partial charge on any atom is 0.348 e. The average Bonchev–Trinajstić information content (AvgIpc) is 2.43. The van der Waals surface area contributed by atoms with E-state index in [1.165, 1.54) is 6.92 Å². The van der Waals surface area contributed by atoms with Crippen molar-refractivity contribution in [1.82, 2.24) is 0 Å². The summed E-state index contributed by atoms with van der Waals surface area (Å²) in [5, 5.41) is 0. The van der Waals surface area contributed by atoms with E-state index in [9.17, 15) is 18.9 Å². The summed E-state index contributed by atoms with van der Waals surface area (Å²) in [5.41, 5.74) is -0.399. The molecule has 0 aliphatic heterocycles. The Morgan fingerprint density at radius 3 is 2.20 bits per heavy atom. The Hall–Kier alpha value is -2.07. The van der Waals surface area contributed by atoms with Gasteiger partial charge in [0.1, 0.15) is 0 Å². The SMILES string of the molecule is CC(=O)O[C@@H](C)C(=O)O[C@H](C(=O)P=O)c1ccccc1. The van der Waals surface area contributed by atoms with Crippen LogP contribution in [0.5, 0.6) is 0 Å². The van der Waals surface area contributed by atoms with Crippen LogP contribution in [0.4, 0.5) is 0 Å². The lowest BCUT2D eigenvalue weighted by atomic mass is 10.1. The highest BCUT2D eigenvalue weighted by molar-refractivity contribution is 7.46. The molecule has 0 bridgehead atoms. The molecule has 0 aliphatic rings. The molecule has 1 aromatic rings. The molecule has 7 heteroatoms. The summed E-state index contributed by atoms with van der Waals surface area (Å²) >= 11 is 0. The number of esters is 2. The van der Waals surface area contributed by atoms with E-state index in [1.54, 1.807) is 30.3 Å². The summed E-state index contributed by atoms with van der Waals surface area (Å²) < 4.78 is 20.4. The largest absolute Gasteiger partial charge is 0.451 e. The number of rotatable bonds is 6. The minimum Gasteiger partial charge on any atom is -0.451 e. The lowest BCUT2D eigenvalue weighted by Gasteiger charge is -2.17. The van der Waals surface area contributed by atoms with Crippen molar-refractivity contribution in [2.24, 2.45) is 0 Å². The highest BCUT2D eigenvalue weighted by Gasteiger charge is 2.28. The average molecular weight is 296 g/mol. The molecular weight excluding hydrogens is 283 g/mol. The van der Waals surface area contributed by atoms with Crippen LogP contribution in [-0.4, -0.2) is 23.6 Å². The summed E-state index contributed by atoms with van der Waals surface area (Å²) in [5.74, 6) is -1.52. The third-order valence-electron chi connectivity index (χ3n) is 2.33. The van der Waals surface area contributed by atoms with Crippen LogP contribution in [-0.2, 0) is 28.4 Å². The summed E-state index contributed by atoms with van der Waals surface area (Å²) in [7, 11) is -0.763. The third kappa shape index (κ3) is 4.55. The second kappa shape index (κ2) is 7.50. The van der Waals surface area contributed by atoms with E-state index in [-0.39, 0.29) is 0 Å². The number of hydrogen-bond acceptors (Lipinski definition) is 6. The number of ether oxygens (including phenoxy) is 2. The first-order chi connectivity index (χ1) is 9.45. The monoisotopic (exact) mass is 296 g/mol. The molecule has 6 nitrogen and oxygen atoms in total. The summed E-state index contributed by atoms with van der Waals surface area (Å²) in [4.78, 5) is 34.1. The maximum absolute atomic E-state index is 11.7. The van der Waals surface area contributed by atoms with E-state index in [4.69, 9.17) is 4.74 Å². The van der Waals surface area contributed by atoms with Gasteiger partial charge in [-0.25, -0.2) is 4.79 Å². The maximum atomic E-state index is 11.7. The fraction of sp³-hybridized carbons (Fsp3) is 0.308. The Kier molecular flexibility index (Phi) is 6.00. The lowest BCUT2D eigenvalue weighted by Crippen LogP contribution is -2.28. The first-order valence-electron chi connectivity index (χ1n) is 5.75. The molecule has 0 saturated carbocycles. The van der Waals surface area contributed by atoms with E-state index in [0.29, 0.717) is 5.56 Å². The standard InChI is InChI=1S/C13H13O6P/c1-8(18-9(2)14)12(15)19-11(13(16)20-17)10-6-4-3-5-7-10/h3-8,11H,1-2H3/t8-,11-/m0/s1. The molecule has 106 valence electrons. The molecule has 0 fully saturated rings. The zero-order valence-corrected chi connectivity index (χ0v) is 11.8. The van der Waals surface area contributed by atoms with Gasteiger partial charge in [-0.2, -0.15) is 0 Å². The predicted molar refractivity (Wildman–Crippen MR) is 69.1 cm³/mol. The third-order valence-corrected chi connectivity index (χ3v) is 2.74. The number of benzene rings is 1. The van der Waals surface area contributed by atoms with Crippen LogP contribution in [0.15, 0.2) is 30.3 Å². The molecule has 2 atom stereocenters. The molecule has 0 amide bonds. The molecule has 0 saturated heterocycles. The summed E-state index contributed by atoms with van der Waals surface area (Å²) in [6.45, 7) is 2.48. The second-order valence-electron chi connectivity index (χ2n) is 3.91. The van der Waals surface area contributed by atoms with Crippen molar-refractivity contribution in [3.63, 3.8) is 0 Å². The van der Waals surface area contributed by atoms with Gasteiger partial charge in [-0.1, -0.05) is 30.3 Å². The number of carbonyl (C=O) groups is 3. The Morgan fingerprint density at radius 1 is 1.10 bits per heavy atom. The Morgan fingerprint density at radius 2 is 1.70 bits per heavy atom. The van der Waals surface area contributed by atoms with Gasteiger partial charge in [-0.15, -0.1) is 0 Å². The molecule has 0 heterocycles. The highest BCUT2D eigenvalue weighted by Crippen LogP contribution is 2.23. The molecule has 20 heavy (non-hydrogen) atoms. The zero-order chi connectivity index (χ0) is 15.1. The van der Waals surface area contributed by atoms with Crippen LogP contribution in [0, 0.1) is 0 Å². The van der Waals surface area contributed by atoms with Gasteiger partial charge >= 0.3 is 11.9 Å². The Labute approximate surface area is 117 Å². The van der Waals surface area contributed by atoms with Crippen LogP contribution in [0.1, 0.15) is 25.5 Å². The van der Waals surface area contributed by atoms with Crippen molar-refractivity contribution < 1.29 is 28.4 Å². The molecule has 0 aromatic heterocycles. The van der Waals surface area contributed by atoms with Crippen molar-refractivity contribution >= 4 is 25.9 Å². The van der Waals surface area contributed by atoms with Gasteiger partial charge in [0.15, 0.2) is 12.2 Å². The first-order valence-corrected chi connectivity index (χ1v) is 6.56. The number of carbonyl (C=O) groups excluding carboxylic acids is 3. The van der Waals surface area contributed by atoms with Crippen LogP contribution < -0.4 is 0 Å². The highest BCUT2D eigenvalue weighted by atomic mass is 31.1. The van der Waals surface area contributed by atoms with Gasteiger partial charge in [-0.3, -0.25) is 14.2 Å². The second-order valence-corrected chi connectivity index (χ2v) is 4.53. The van der Waals surface area contributed by atoms with Crippen LogP contribution in [0.3, 0.4) is 0 Å². The normalized spacial score (nSPS) is 13.3. The first kappa shape index (κ1) is 16.0. The van der Waals surface area contributed by atoms with E-state index in [2.05, 4.69) is 4.74 Å². The van der Waals surface area contributed by atoms with Gasteiger partial charge in [0.25, 0.3) is 5.52 Å². The van der Waals surface area contributed by atoms with Crippen molar-refractivity contribution in [3.8, 4) is 0 Å². The van der Waals surface area contributed by atoms with Crippen molar-refractivity contribution in [3.05, 3.63) is 35.9 Å². The molecule has 0 spiro atoms. The van der Waals surface area contributed by atoms with E-state index < -0.39 is 38.1 Å². The molecular formula is C13H13O6P. The molecule has 0 unspecified atom stereocenters. The van der Waals surface area contributed by atoms with Crippen molar-refractivity contribution in [2.45, 2.75) is 26.1 Å². The van der Waals surface area contributed by atoms with Gasteiger partial charge < -0.3 is 9.47 Å². The lowest BCUT2D eigenvalue weighted by molar-refractivity contribution is -0.170. The minimum absolute atomic E-state index is 0.393. The fourth-order valence-electron chi connectivity index (χ4n) is 1.45. The predicted octanol–water partition coefficient (Wildman–Crippen LogP) is 2.04. The smallest absolute Gasteiger partial charge is 0.348 e. The quantitative estimate of drug-likeness (QED) is 0.589. The van der Waals surface area contributed by atoms with E-state index in [1.807, 2.05) is 0 Å². The molecule has 0 aliphatic carbocycles. The number of hydrogen-bond donors (Lipinski definition) is 0. The van der Waals surface area contributed by atoms with Crippen LogP contribution in [0.25, 0.3) is 0 Å². The summed E-state index contributed by atoms with van der Waals surface area (Å²) in [6.07, 6.45) is -2.43.